The SMILES string of the molecule is O=C(CN1CCOCC1)Nc1cc(C(=O)Nc2ccc(Br)cc2)ccc1OC(F)(F)F. The van der Waals surface area contributed by atoms with Gasteiger partial charge in [0.05, 0.1) is 25.4 Å². The molecule has 2 aromatic rings. The Morgan fingerprint density at radius 1 is 1.06 bits per heavy atom. The number of halogens is 4. The molecule has 1 aliphatic heterocycles. The standard InChI is InChI=1S/C20H19BrF3N3O4/c21-14-2-4-15(5-3-14)25-19(29)13-1-6-17(31-20(22,23)24)16(11-13)26-18(28)12-27-7-9-30-10-8-27/h1-6,11H,7-10,12H2,(H,25,29)(H,26,28). The Kier molecular flexibility index (Phi) is 7.52. The molecule has 1 aliphatic rings. The fourth-order valence-electron chi connectivity index (χ4n) is 2.87. The van der Waals surface area contributed by atoms with Crippen LogP contribution in [0.2, 0.25) is 0 Å². The van der Waals surface area contributed by atoms with Gasteiger partial charge in [-0.05, 0) is 42.5 Å². The summed E-state index contributed by atoms with van der Waals surface area (Å²) in [6, 6.07) is 10.1. The number of amides is 2. The van der Waals surface area contributed by atoms with Crippen molar-refractivity contribution in [1.82, 2.24) is 4.90 Å². The van der Waals surface area contributed by atoms with Crippen LogP contribution >= 0.6 is 15.9 Å². The van der Waals surface area contributed by atoms with Crippen LogP contribution in [-0.4, -0.2) is 55.9 Å². The number of morpholine rings is 1. The van der Waals surface area contributed by atoms with E-state index in [0.29, 0.717) is 32.0 Å². The molecule has 1 saturated heterocycles. The molecule has 2 aromatic carbocycles. The van der Waals surface area contributed by atoms with E-state index in [1.54, 1.807) is 24.3 Å². The van der Waals surface area contributed by atoms with Crippen molar-refractivity contribution >= 4 is 39.1 Å². The van der Waals surface area contributed by atoms with Crippen molar-refractivity contribution in [2.24, 2.45) is 0 Å². The summed E-state index contributed by atoms with van der Waals surface area (Å²) in [6.07, 6.45) is -4.95. The van der Waals surface area contributed by atoms with Crippen molar-refractivity contribution in [2.45, 2.75) is 6.36 Å². The highest BCUT2D eigenvalue weighted by molar-refractivity contribution is 9.10. The summed E-state index contributed by atoms with van der Waals surface area (Å²) in [5.41, 5.74) is 0.305. The minimum atomic E-state index is -4.95. The van der Waals surface area contributed by atoms with E-state index < -0.39 is 23.9 Å². The Hall–Kier alpha value is -2.63. The predicted molar refractivity (Wildman–Crippen MR) is 111 cm³/mol. The third kappa shape index (κ3) is 7.23. The van der Waals surface area contributed by atoms with Crippen LogP contribution in [0.3, 0.4) is 0 Å². The van der Waals surface area contributed by atoms with E-state index in [2.05, 4.69) is 31.3 Å². The molecule has 0 saturated carbocycles. The summed E-state index contributed by atoms with van der Waals surface area (Å²) >= 11 is 3.29. The molecule has 0 spiro atoms. The van der Waals surface area contributed by atoms with Gasteiger partial charge in [0.15, 0.2) is 5.75 Å². The zero-order chi connectivity index (χ0) is 22.4. The lowest BCUT2D eigenvalue weighted by Gasteiger charge is -2.26. The van der Waals surface area contributed by atoms with Gasteiger partial charge in [-0.2, -0.15) is 0 Å². The molecule has 2 amide bonds. The number of hydrogen-bond acceptors (Lipinski definition) is 5. The van der Waals surface area contributed by atoms with Gasteiger partial charge in [0.2, 0.25) is 5.91 Å². The maximum absolute atomic E-state index is 12.8. The zero-order valence-electron chi connectivity index (χ0n) is 16.2. The van der Waals surface area contributed by atoms with Gasteiger partial charge in [-0.1, -0.05) is 15.9 Å². The van der Waals surface area contributed by atoms with E-state index in [-0.39, 0.29) is 17.8 Å². The second kappa shape index (κ2) is 10.1. The molecule has 0 aliphatic carbocycles. The number of ether oxygens (including phenoxy) is 2. The molecule has 31 heavy (non-hydrogen) atoms. The first-order chi connectivity index (χ1) is 14.7. The molecular weight excluding hydrogens is 483 g/mol. The average Bonchev–Trinajstić information content (AvgIpc) is 2.70. The van der Waals surface area contributed by atoms with Gasteiger partial charge < -0.3 is 20.1 Å². The van der Waals surface area contributed by atoms with Crippen LogP contribution < -0.4 is 15.4 Å². The van der Waals surface area contributed by atoms with Crippen LogP contribution in [0, 0.1) is 0 Å². The lowest BCUT2D eigenvalue weighted by Crippen LogP contribution is -2.41. The third-order valence-corrected chi connectivity index (χ3v) is 4.84. The number of anilines is 2. The average molecular weight is 502 g/mol. The number of nitrogens with one attached hydrogen (secondary N) is 2. The first-order valence-corrected chi connectivity index (χ1v) is 10.1. The zero-order valence-corrected chi connectivity index (χ0v) is 17.8. The number of hydrogen-bond donors (Lipinski definition) is 2. The number of carbonyl (C=O) groups excluding carboxylic acids is 2. The lowest BCUT2D eigenvalue weighted by atomic mass is 10.1. The monoisotopic (exact) mass is 501 g/mol. The van der Waals surface area contributed by atoms with E-state index >= 15 is 0 Å². The predicted octanol–water partition coefficient (Wildman–Crippen LogP) is 3.87. The number of nitrogens with zero attached hydrogens (tertiary/aromatic N) is 1. The molecule has 166 valence electrons. The Morgan fingerprint density at radius 2 is 1.74 bits per heavy atom. The van der Waals surface area contributed by atoms with E-state index in [1.165, 1.54) is 6.07 Å². The molecule has 0 radical (unpaired) electrons. The fraction of sp³-hybridized carbons (Fsp3) is 0.300. The highest BCUT2D eigenvalue weighted by Crippen LogP contribution is 2.31. The van der Waals surface area contributed by atoms with Crippen molar-refractivity contribution in [1.29, 1.82) is 0 Å². The minimum Gasteiger partial charge on any atom is -0.404 e. The van der Waals surface area contributed by atoms with Gasteiger partial charge in [0, 0.05) is 28.8 Å². The van der Waals surface area contributed by atoms with Crippen molar-refractivity contribution in [3.63, 3.8) is 0 Å². The van der Waals surface area contributed by atoms with Crippen LogP contribution in [0.1, 0.15) is 10.4 Å². The molecule has 0 unspecified atom stereocenters. The number of benzene rings is 2. The molecule has 1 fully saturated rings. The summed E-state index contributed by atoms with van der Waals surface area (Å²) in [5, 5.41) is 5.06. The molecule has 2 N–H and O–H groups in total. The van der Waals surface area contributed by atoms with Crippen LogP contribution in [0.15, 0.2) is 46.9 Å². The molecule has 11 heteroatoms. The molecule has 0 atom stereocenters. The van der Waals surface area contributed by atoms with E-state index in [1.807, 2.05) is 4.90 Å². The summed E-state index contributed by atoms with van der Waals surface area (Å²) in [5.74, 6) is -1.69. The van der Waals surface area contributed by atoms with Crippen LogP contribution in [0.25, 0.3) is 0 Å². The molecule has 0 aromatic heterocycles. The summed E-state index contributed by atoms with van der Waals surface area (Å²) < 4.78 is 48.3. The second-order valence-electron chi connectivity index (χ2n) is 6.66. The minimum absolute atomic E-state index is 0.0237. The maximum atomic E-state index is 12.8. The highest BCUT2D eigenvalue weighted by Gasteiger charge is 2.32. The van der Waals surface area contributed by atoms with Gasteiger partial charge in [-0.15, -0.1) is 13.2 Å². The van der Waals surface area contributed by atoms with Gasteiger partial charge in [-0.3, -0.25) is 14.5 Å². The van der Waals surface area contributed by atoms with Gasteiger partial charge >= 0.3 is 6.36 Å². The van der Waals surface area contributed by atoms with Crippen molar-refractivity contribution in [3.05, 3.63) is 52.5 Å². The van der Waals surface area contributed by atoms with Gasteiger partial charge in [-0.25, -0.2) is 0 Å². The number of alkyl halides is 3. The summed E-state index contributed by atoms with van der Waals surface area (Å²) in [4.78, 5) is 26.7. The first-order valence-electron chi connectivity index (χ1n) is 9.26. The highest BCUT2D eigenvalue weighted by atomic mass is 79.9. The van der Waals surface area contributed by atoms with Crippen LogP contribution in [-0.2, 0) is 9.53 Å². The Labute approximate surface area is 184 Å². The van der Waals surface area contributed by atoms with Gasteiger partial charge in [0.25, 0.3) is 5.91 Å². The maximum Gasteiger partial charge on any atom is 0.573 e. The lowest BCUT2D eigenvalue weighted by molar-refractivity contribution is -0.274. The van der Waals surface area contributed by atoms with E-state index in [9.17, 15) is 22.8 Å². The largest absolute Gasteiger partial charge is 0.573 e. The molecule has 0 bridgehead atoms. The Bertz CT molecular complexity index is 932. The van der Waals surface area contributed by atoms with Gasteiger partial charge in [0.1, 0.15) is 0 Å². The quantitative estimate of drug-likeness (QED) is 0.627. The van der Waals surface area contributed by atoms with Crippen molar-refractivity contribution < 1.29 is 32.2 Å². The fourth-order valence-corrected chi connectivity index (χ4v) is 3.14. The van der Waals surface area contributed by atoms with Crippen LogP contribution in [0.5, 0.6) is 5.75 Å². The number of carbonyl (C=O) groups is 2. The summed E-state index contributed by atoms with van der Waals surface area (Å²) in [7, 11) is 0. The third-order valence-electron chi connectivity index (χ3n) is 4.31. The van der Waals surface area contributed by atoms with Crippen LogP contribution in [0.4, 0.5) is 24.5 Å². The Morgan fingerprint density at radius 3 is 2.39 bits per heavy atom. The normalized spacial score (nSPS) is 14.7. The molecule has 7 nitrogen and oxygen atoms in total. The van der Waals surface area contributed by atoms with E-state index in [4.69, 9.17) is 4.74 Å². The topological polar surface area (TPSA) is 79.9 Å². The second-order valence-corrected chi connectivity index (χ2v) is 7.57. The summed E-state index contributed by atoms with van der Waals surface area (Å²) in [6.45, 7) is 2.00. The smallest absolute Gasteiger partial charge is 0.404 e. The van der Waals surface area contributed by atoms with E-state index in [0.717, 1.165) is 16.6 Å². The Balaban J connectivity index is 1.77. The molecule has 1 heterocycles. The van der Waals surface area contributed by atoms with Crippen molar-refractivity contribution in [3.8, 4) is 5.75 Å². The number of rotatable bonds is 6. The van der Waals surface area contributed by atoms with Crippen molar-refractivity contribution in [2.75, 3.05) is 43.5 Å². The molecule has 3 rings (SSSR count). The first kappa shape index (κ1) is 23.0. The molecular formula is C20H19BrF3N3O4.